The molecule has 1 N–H and O–H groups in total. The first-order valence-electron chi connectivity index (χ1n) is 4.25. The molecule has 1 heterocycles. The van der Waals surface area contributed by atoms with Gasteiger partial charge in [0.05, 0.1) is 12.4 Å². The van der Waals surface area contributed by atoms with E-state index in [1.54, 1.807) is 0 Å². The normalized spacial score (nSPS) is 42.2. The van der Waals surface area contributed by atoms with Crippen LogP contribution in [0.25, 0.3) is 0 Å². The smallest absolute Gasteiger partial charge is 0.192 e. The summed E-state index contributed by atoms with van der Waals surface area (Å²) in [6, 6.07) is 0. The standard InChI is InChI=1S/C9H16O3/c1-4-11-8-6(2)5-7(3)12-9(8)10/h4,6-10H,1,5H2,2-3H3/t6-,7+,8+,9+/m0/s1. The molecule has 0 bridgehead atoms. The van der Waals surface area contributed by atoms with Crippen LogP contribution in [0.2, 0.25) is 0 Å². The zero-order chi connectivity index (χ0) is 9.14. The topological polar surface area (TPSA) is 38.7 Å². The minimum atomic E-state index is -0.818. The Kier molecular flexibility index (Phi) is 3.12. The molecule has 1 fully saturated rings. The molecule has 0 aromatic carbocycles. The van der Waals surface area contributed by atoms with Crippen molar-refractivity contribution in [1.82, 2.24) is 0 Å². The van der Waals surface area contributed by atoms with Crippen molar-refractivity contribution in [2.24, 2.45) is 5.92 Å². The van der Waals surface area contributed by atoms with Gasteiger partial charge in [0.1, 0.15) is 0 Å². The summed E-state index contributed by atoms with van der Waals surface area (Å²) in [5.41, 5.74) is 0. The highest BCUT2D eigenvalue weighted by atomic mass is 16.6. The summed E-state index contributed by atoms with van der Waals surface area (Å²) >= 11 is 0. The van der Waals surface area contributed by atoms with Crippen LogP contribution in [0.3, 0.4) is 0 Å². The first kappa shape index (κ1) is 9.55. The van der Waals surface area contributed by atoms with E-state index in [1.807, 2.05) is 13.8 Å². The predicted molar refractivity (Wildman–Crippen MR) is 45.4 cm³/mol. The number of hydrogen-bond acceptors (Lipinski definition) is 3. The van der Waals surface area contributed by atoms with Crippen LogP contribution in [0.5, 0.6) is 0 Å². The molecule has 1 saturated heterocycles. The predicted octanol–water partition coefficient (Wildman–Crippen LogP) is 1.28. The van der Waals surface area contributed by atoms with Gasteiger partial charge in [-0.05, 0) is 13.3 Å². The molecule has 0 aromatic rings. The van der Waals surface area contributed by atoms with Gasteiger partial charge in [-0.3, -0.25) is 0 Å². The lowest BCUT2D eigenvalue weighted by atomic mass is 9.94. The molecule has 0 aromatic heterocycles. The molecule has 3 heteroatoms. The van der Waals surface area contributed by atoms with Crippen LogP contribution in [0.1, 0.15) is 20.3 Å². The molecule has 0 radical (unpaired) electrons. The van der Waals surface area contributed by atoms with Crippen LogP contribution < -0.4 is 0 Å². The summed E-state index contributed by atoms with van der Waals surface area (Å²) < 4.78 is 10.3. The Bertz CT molecular complexity index is 146. The first-order valence-corrected chi connectivity index (χ1v) is 4.25. The van der Waals surface area contributed by atoms with Gasteiger partial charge in [-0.15, -0.1) is 0 Å². The maximum absolute atomic E-state index is 9.45. The van der Waals surface area contributed by atoms with Crippen LogP contribution in [-0.2, 0) is 9.47 Å². The number of aliphatic hydroxyl groups is 1. The second-order valence-electron chi connectivity index (χ2n) is 3.32. The Morgan fingerprint density at radius 1 is 1.58 bits per heavy atom. The molecule has 1 rings (SSSR count). The third-order valence-corrected chi connectivity index (χ3v) is 2.17. The zero-order valence-corrected chi connectivity index (χ0v) is 7.56. The monoisotopic (exact) mass is 172 g/mol. The number of hydrogen-bond donors (Lipinski definition) is 1. The van der Waals surface area contributed by atoms with Crippen molar-refractivity contribution in [2.75, 3.05) is 0 Å². The number of rotatable bonds is 2. The third kappa shape index (κ3) is 1.99. The van der Waals surface area contributed by atoms with Gasteiger partial charge in [0.2, 0.25) is 0 Å². The molecule has 0 amide bonds. The van der Waals surface area contributed by atoms with Crippen LogP contribution in [-0.4, -0.2) is 23.6 Å². The van der Waals surface area contributed by atoms with E-state index in [2.05, 4.69) is 6.58 Å². The molecule has 0 unspecified atom stereocenters. The average Bonchev–Trinajstić information content (AvgIpc) is 1.96. The van der Waals surface area contributed by atoms with Gasteiger partial charge in [-0.2, -0.15) is 0 Å². The minimum absolute atomic E-state index is 0.111. The second kappa shape index (κ2) is 3.92. The third-order valence-electron chi connectivity index (χ3n) is 2.17. The van der Waals surface area contributed by atoms with E-state index < -0.39 is 6.29 Å². The molecule has 0 saturated carbocycles. The molecule has 0 spiro atoms. The van der Waals surface area contributed by atoms with Crippen molar-refractivity contribution in [1.29, 1.82) is 0 Å². The Labute approximate surface area is 73.0 Å². The van der Waals surface area contributed by atoms with Gasteiger partial charge in [0.15, 0.2) is 12.4 Å². The Morgan fingerprint density at radius 3 is 2.75 bits per heavy atom. The Morgan fingerprint density at radius 2 is 2.25 bits per heavy atom. The summed E-state index contributed by atoms with van der Waals surface area (Å²) in [4.78, 5) is 0. The second-order valence-corrected chi connectivity index (χ2v) is 3.32. The first-order chi connectivity index (χ1) is 5.65. The van der Waals surface area contributed by atoms with Crippen molar-refractivity contribution in [3.8, 4) is 0 Å². The SMILES string of the molecule is C=CO[C@H]1[C@H](O)O[C@H](C)C[C@@H]1C. The quantitative estimate of drug-likeness (QED) is 0.638. The van der Waals surface area contributed by atoms with Gasteiger partial charge in [-0.1, -0.05) is 13.5 Å². The molecular formula is C9H16O3. The summed E-state index contributed by atoms with van der Waals surface area (Å²) in [7, 11) is 0. The minimum Gasteiger partial charge on any atom is -0.493 e. The lowest BCUT2D eigenvalue weighted by molar-refractivity contribution is -0.228. The molecule has 1 aliphatic rings. The number of ether oxygens (including phenoxy) is 2. The van der Waals surface area contributed by atoms with Gasteiger partial charge in [0.25, 0.3) is 0 Å². The zero-order valence-electron chi connectivity index (χ0n) is 7.56. The molecule has 1 aliphatic heterocycles. The highest BCUT2D eigenvalue weighted by Crippen LogP contribution is 2.26. The summed E-state index contributed by atoms with van der Waals surface area (Å²) in [6.45, 7) is 7.44. The van der Waals surface area contributed by atoms with E-state index in [0.29, 0.717) is 5.92 Å². The average molecular weight is 172 g/mol. The summed E-state index contributed by atoms with van der Waals surface area (Å²) in [5, 5.41) is 9.45. The van der Waals surface area contributed by atoms with E-state index in [-0.39, 0.29) is 12.2 Å². The lowest BCUT2D eigenvalue weighted by Crippen LogP contribution is -2.43. The Balaban J connectivity index is 2.53. The van der Waals surface area contributed by atoms with E-state index in [4.69, 9.17) is 9.47 Å². The van der Waals surface area contributed by atoms with Crippen LogP contribution >= 0.6 is 0 Å². The fourth-order valence-electron chi connectivity index (χ4n) is 1.62. The van der Waals surface area contributed by atoms with Gasteiger partial charge < -0.3 is 14.6 Å². The fourth-order valence-corrected chi connectivity index (χ4v) is 1.62. The highest BCUT2D eigenvalue weighted by molar-refractivity contribution is 4.79. The van der Waals surface area contributed by atoms with Gasteiger partial charge in [-0.25, -0.2) is 0 Å². The number of aliphatic hydroxyl groups excluding tert-OH is 1. The maximum Gasteiger partial charge on any atom is 0.192 e. The van der Waals surface area contributed by atoms with Crippen LogP contribution in [0, 0.1) is 5.92 Å². The van der Waals surface area contributed by atoms with Crippen molar-refractivity contribution < 1.29 is 14.6 Å². The molecule has 70 valence electrons. The van der Waals surface area contributed by atoms with E-state index in [1.165, 1.54) is 6.26 Å². The lowest BCUT2D eigenvalue weighted by Gasteiger charge is -2.35. The van der Waals surface area contributed by atoms with Gasteiger partial charge >= 0.3 is 0 Å². The fraction of sp³-hybridized carbons (Fsp3) is 0.778. The molecule has 4 atom stereocenters. The van der Waals surface area contributed by atoms with E-state index in [9.17, 15) is 5.11 Å². The molecule has 3 nitrogen and oxygen atoms in total. The highest BCUT2D eigenvalue weighted by Gasteiger charge is 2.34. The summed E-state index contributed by atoms with van der Waals surface area (Å²) in [6.07, 6.45) is 1.29. The van der Waals surface area contributed by atoms with E-state index >= 15 is 0 Å². The van der Waals surface area contributed by atoms with Crippen molar-refractivity contribution in [3.63, 3.8) is 0 Å². The van der Waals surface area contributed by atoms with Crippen LogP contribution in [0.15, 0.2) is 12.8 Å². The van der Waals surface area contributed by atoms with Crippen molar-refractivity contribution >= 4 is 0 Å². The molecular weight excluding hydrogens is 156 g/mol. The maximum atomic E-state index is 9.45. The largest absolute Gasteiger partial charge is 0.493 e. The summed E-state index contributed by atoms with van der Waals surface area (Å²) in [5.74, 6) is 0.307. The van der Waals surface area contributed by atoms with Gasteiger partial charge in [0, 0.05) is 5.92 Å². The van der Waals surface area contributed by atoms with Crippen molar-refractivity contribution in [2.45, 2.75) is 38.8 Å². The Hall–Kier alpha value is -0.540. The van der Waals surface area contributed by atoms with Crippen LogP contribution in [0.4, 0.5) is 0 Å². The molecule has 12 heavy (non-hydrogen) atoms. The van der Waals surface area contributed by atoms with E-state index in [0.717, 1.165) is 6.42 Å². The van der Waals surface area contributed by atoms with Crippen molar-refractivity contribution in [3.05, 3.63) is 12.8 Å². The molecule has 0 aliphatic carbocycles.